The van der Waals surface area contributed by atoms with Crippen LogP contribution in [-0.4, -0.2) is 86.7 Å². The fourth-order valence-electron chi connectivity index (χ4n) is 8.89. The van der Waals surface area contributed by atoms with Crippen molar-refractivity contribution in [2.45, 2.75) is 88.6 Å². The average Bonchev–Trinajstić information content (AvgIpc) is 3.71. The Morgan fingerprint density at radius 2 is 1.55 bits per heavy atom. The SMILES string of the molecule is COc1cc2c(cc1OC)C(c1ccccc1)N(CCCc1cn(CCCCC3=CC4Cc5nc6cc(Cl)ccc6c(N)c5C(C3)C4)nn1)CC2.O=C(O)C(F)(F)F.O=C(O)C(F)(F)F. The number of carboxylic acid groups (broad SMARTS) is 2. The second-order valence-electron chi connectivity index (χ2n) is 16.1. The van der Waals surface area contributed by atoms with Gasteiger partial charge in [0.1, 0.15) is 0 Å². The molecule has 0 amide bonds. The third-order valence-electron chi connectivity index (χ3n) is 11.7. The zero-order valence-corrected chi connectivity index (χ0v) is 36.4. The van der Waals surface area contributed by atoms with Crippen molar-refractivity contribution < 1.29 is 55.6 Å². The van der Waals surface area contributed by atoms with Crippen molar-refractivity contribution in [3.05, 3.63) is 117 Å². The van der Waals surface area contributed by atoms with Crippen LogP contribution < -0.4 is 15.2 Å². The number of nitrogens with two attached hydrogens (primary N) is 1. The summed E-state index contributed by atoms with van der Waals surface area (Å²) in [7, 11) is 3.41. The van der Waals surface area contributed by atoms with E-state index in [1.165, 1.54) is 34.4 Å². The van der Waals surface area contributed by atoms with E-state index in [1.54, 1.807) is 19.8 Å². The molecule has 0 radical (unpaired) electrons. The molecule has 8 rings (SSSR count). The van der Waals surface area contributed by atoms with E-state index in [9.17, 15) is 26.3 Å². The molecular formula is C46H49ClF6N6O6. The largest absolute Gasteiger partial charge is 0.493 e. The van der Waals surface area contributed by atoms with E-state index < -0.39 is 24.3 Å². The highest BCUT2D eigenvalue weighted by molar-refractivity contribution is 6.31. The normalized spacial score (nSPS) is 17.9. The molecule has 0 saturated heterocycles. The number of alkyl halides is 6. The predicted octanol–water partition coefficient (Wildman–Crippen LogP) is 9.77. The first-order chi connectivity index (χ1) is 30.9. The van der Waals surface area contributed by atoms with Gasteiger partial charge < -0.3 is 25.4 Å². The van der Waals surface area contributed by atoms with Crippen LogP contribution in [0.5, 0.6) is 11.5 Å². The Morgan fingerprint density at radius 1 is 0.877 bits per heavy atom. The molecular weight excluding hydrogens is 882 g/mol. The molecule has 0 fully saturated rings. The molecule has 3 unspecified atom stereocenters. The Balaban J connectivity index is 0.000000435. The fraction of sp³-hybridized carbons (Fsp3) is 0.413. The Morgan fingerprint density at radius 3 is 2.22 bits per heavy atom. The van der Waals surface area contributed by atoms with Crippen LogP contribution in [0.4, 0.5) is 32.0 Å². The number of ether oxygens (including phenoxy) is 2. The highest BCUT2D eigenvalue weighted by Gasteiger charge is 2.39. The molecule has 3 atom stereocenters. The lowest BCUT2D eigenvalue weighted by atomic mass is 9.70. The molecule has 5 aromatic rings. The molecule has 12 nitrogen and oxygen atoms in total. The Hall–Kier alpha value is -5.88. The van der Waals surface area contributed by atoms with Crippen molar-refractivity contribution in [1.29, 1.82) is 0 Å². The third-order valence-corrected chi connectivity index (χ3v) is 11.9. The number of carbonyl (C=O) groups is 2. The monoisotopic (exact) mass is 930 g/mol. The maximum Gasteiger partial charge on any atom is 0.490 e. The molecule has 348 valence electrons. The van der Waals surface area contributed by atoms with Gasteiger partial charge >= 0.3 is 24.3 Å². The predicted molar refractivity (Wildman–Crippen MR) is 231 cm³/mol. The van der Waals surface area contributed by atoms with Crippen LogP contribution in [0.2, 0.25) is 5.02 Å². The zero-order chi connectivity index (χ0) is 47.1. The van der Waals surface area contributed by atoms with Crippen LogP contribution in [0.15, 0.2) is 78.5 Å². The highest BCUT2D eigenvalue weighted by Crippen LogP contribution is 2.48. The number of halogens is 7. The number of nitrogen functional groups attached to an aromatic ring is 1. The van der Waals surface area contributed by atoms with Crippen LogP contribution in [0.25, 0.3) is 10.9 Å². The van der Waals surface area contributed by atoms with Crippen molar-refractivity contribution in [1.82, 2.24) is 24.9 Å². The van der Waals surface area contributed by atoms with E-state index in [-0.39, 0.29) is 6.04 Å². The van der Waals surface area contributed by atoms with Gasteiger partial charge in [0.15, 0.2) is 11.5 Å². The lowest BCUT2D eigenvalue weighted by molar-refractivity contribution is -0.193. The lowest BCUT2D eigenvalue weighted by Gasteiger charge is -2.38. The van der Waals surface area contributed by atoms with Crippen LogP contribution >= 0.6 is 11.6 Å². The Labute approximate surface area is 376 Å². The van der Waals surface area contributed by atoms with Gasteiger partial charge in [0.2, 0.25) is 0 Å². The van der Waals surface area contributed by atoms with Crippen molar-refractivity contribution in [3.8, 4) is 11.5 Å². The van der Waals surface area contributed by atoms with E-state index in [1.807, 2.05) is 22.9 Å². The number of benzene rings is 3. The lowest BCUT2D eigenvalue weighted by Crippen LogP contribution is -2.37. The van der Waals surface area contributed by atoms with Gasteiger partial charge in [-0.2, -0.15) is 26.3 Å². The van der Waals surface area contributed by atoms with Crippen molar-refractivity contribution in [2.24, 2.45) is 5.92 Å². The van der Waals surface area contributed by atoms with Gasteiger partial charge in [-0.1, -0.05) is 58.8 Å². The summed E-state index contributed by atoms with van der Waals surface area (Å²) in [6.45, 7) is 2.87. The molecule has 4 N–H and O–H groups in total. The van der Waals surface area contributed by atoms with E-state index >= 15 is 0 Å². The number of hydrogen-bond acceptors (Lipinski definition) is 9. The molecule has 2 bridgehead atoms. The summed E-state index contributed by atoms with van der Waals surface area (Å²) in [5.41, 5.74) is 17.6. The molecule has 3 heterocycles. The molecule has 3 aliphatic rings. The maximum atomic E-state index is 10.6. The number of rotatable bonds is 12. The van der Waals surface area contributed by atoms with Gasteiger partial charge in [0.05, 0.1) is 31.5 Å². The molecule has 65 heavy (non-hydrogen) atoms. The van der Waals surface area contributed by atoms with Gasteiger partial charge in [-0.05, 0) is 123 Å². The van der Waals surface area contributed by atoms with Gasteiger partial charge in [-0.15, -0.1) is 5.10 Å². The Kier molecular flexibility index (Phi) is 15.7. The minimum Gasteiger partial charge on any atom is -0.493 e. The number of pyridine rings is 1. The summed E-state index contributed by atoms with van der Waals surface area (Å²) < 4.78 is 76.8. The summed E-state index contributed by atoms with van der Waals surface area (Å²) in [6, 6.07) is 21.2. The van der Waals surface area contributed by atoms with Crippen LogP contribution in [-0.2, 0) is 35.4 Å². The first-order valence-corrected chi connectivity index (χ1v) is 21.3. The minimum atomic E-state index is -5.08. The average molecular weight is 931 g/mol. The summed E-state index contributed by atoms with van der Waals surface area (Å²) in [4.78, 5) is 25.4. The Bertz CT molecular complexity index is 2470. The van der Waals surface area contributed by atoms with Crippen LogP contribution in [0.1, 0.15) is 84.1 Å². The molecule has 1 aliphatic heterocycles. The topological polar surface area (TPSA) is 166 Å². The molecule has 2 aliphatic carbocycles. The van der Waals surface area contributed by atoms with Gasteiger partial charge in [-0.25, -0.2) is 9.59 Å². The number of aromatic nitrogens is 4. The van der Waals surface area contributed by atoms with Crippen molar-refractivity contribution >= 4 is 40.1 Å². The summed E-state index contributed by atoms with van der Waals surface area (Å²) in [6.07, 6.45) is 4.00. The van der Waals surface area contributed by atoms with Crippen LogP contribution in [0.3, 0.4) is 0 Å². The molecule has 3 aromatic carbocycles. The number of carboxylic acids is 2. The number of unbranched alkanes of at least 4 members (excludes halogenated alkanes) is 1. The highest BCUT2D eigenvalue weighted by atomic mass is 35.5. The third kappa shape index (κ3) is 12.3. The standard InChI is InChI=1S/C42H47ClN6O2.2C2HF3O2/c1-50-38-23-30-15-18-48(42(29-10-4-3-5-11-29)35(30)25-39(38)51-2)16-8-12-33-26-49(47-46-33)17-7-6-9-27-19-28-21-31(20-27)40-37(22-28)45-36-24-32(43)13-14-34(36)41(40)44;2*3-2(4,5)1(6)7/h3-5,10-11,13-14,19,23-26,28,31,42H,6-9,12,15-18,20-22H2,1-2H3,(H2,44,45);2*(H,6,7). The smallest absolute Gasteiger partial charge is 0.490 e. The van der Waals surface area contributed by atoms with Gasteiger partial charge in [0, 0.05) is 46.6 Å². The maximum absolute atomic E-state index is 10.6. The number of fused-ring (bicyclic) bond motifs is 6. The van der Waals surface area contributed by atoms with E-state index in [0.29, 0.717) is 16.9 Å². The quantitative estimate of drug-likeness (QED) is 0.0620. The number of aliphatic carboxylic acids is 2. The molecule has 0 saturated carbocycles. The summed E-state index contributed by atoms with van der Waals surface area (Å²) in [5, 5.41) is 25.0. The fourth-order valence-corrected chi connectivity index (χ4v) is 9.06. The number of hydrogen-bond donors (Lipinski definition) is 3. The first-order valence-electron chi connectivity index (χ1n) is 21.0. The number of nitrogens with zero attached hydrogens (tertiary/aromatic N) is 5. The molecule has 0 spiro atoms. The van der Waals surface area contributed by atoms with E-state index in [0.717, 1.165) is 105 Å². The molecule has 19 heteroatoms. The van der Waals surface area contributed by atoms with E-state index in [4.69, 9.17) is 51.6 Å². The van der Waals surface area contributed by atoms with Gasteiger partial charge in [0.25, 0.3) is 0 Å². The first kappa shape index (κ1) is 48.6. The zero-order valence-electron chi connectivity index (χ0n) is 35.6. The summed E-state index contributed by atoms with van der Waals surface area (Å²) in [5.74, 6) is -2.94. The van der Waals surface area contributed by atoms with Gasteiger partial charge in [-0.3, -0.25) is 14.6 Å². The van der Waals surface area contributed by atoms with Crippen molar-refractivity contribution in [3.63, 3.8) is 0 Å². The second-order valence-corrected chi connectivity index (χ2v) is 16.6. The number of allylic oxidation sites excluding steroid dienone is 2. The number of methoxy groups -OCH3 is 2. The molecule has 2 aromatic heterocycles. The summed E-state index contributed by atoms with van der Waals surface area (Å²) >= 11 is 6.26. The number of anilines is 1. The minimum absolute atomic E-state index is 0.174. The van der Waals surface area contributed by atoms with Crippen LogP contribution in [0, 0.1) is 5.92 Å². The van der Waals surface area contributed by atoms with E-state index in [2.05, 4.69) is 69.9 Å². The second kappa shape index (κ2) is 21.0. The number of aryl methyl sites for hydroxylation is 2. The van der Waals surface area contributed by atoms with Crippen molar-refractivity contribution in [2.75, 3.05) is 33.0 Å².